The van der Waals surface area contributed by atoms with Crippen LogP contribution >= 0.6 is 0 Å². The quantitative estimate of drug-likeness (QED) is 0.633. The maximum Gasteiger partial charge on any atom is 0.309 e. The lowest BCUT2D eigenvalue weighted by atomic mass is 10.0. The van der Waals surface area contributed by atoms with Gasteiger partial charge < -0.3 is 30.0 Å². The van der Waals surface area contributed by atoms with Crippen LogP contribution in [0.5, 0.6) is 11.5 Å². The zero-order valence-electron chi connectivity index (χ0n) is 12.5. The molecule has 1 atom stereocenters. The highest BCUT2D eigenvalue weighted by atomic mass is 16.7. The predicted molar refractivity (Wildman–Crippen MR) is 77.8 cm³/mol. The number of ether oxygens (including phenoxy) is 3. The second kappa shape index (κ2) is 6.43. The summed E-state index contributed by atoms with van der Waals surface area (Å²) in [4.78, 5) is 23.5. The second-order valence-electron chi connectivity index (χ2n) is 5.58. The van der Waals surface area contributed by atoms with Gasteiger partial charge in [0.15, 0.2) is 11.5 Å². The molecule has 0 radical (unpaired) electrons. The van der Waals surface area contributed by atoms with E-state index in [1.54, 1.807) is 18.2 Å². The van der Waals surface area contributed by atoms with Crippen LogP contribution in [0.4, 0.5) is 0 Å². The van der Waals surface area contributed by atoms with Gasteiger partial charge in [-0.05, 0) is 17.7 Å². The highest BCUT2D eigenvalue weighted by Gasteiger charge is 2.33. The van der Waals surface area contributed by atoms with Crippen LogP contribution in [-0.2, 0) is 20.9 Å². The third-order valence-electron chi connectivity index (χ3n) is 3.76. The first-order valence-electron chi connectivity index (χ1n) is 7.30. The Morgan fingerprint density at radius 2 is 1.96 bits per heavy atom. The van der Waals surface area contributed by atoms with E-state index in [1.165, 1.54) is 0 Å². The fraction of sp³-hybridized carbons (Fsp3) is 0.467. The third-order valence-corrected chi connectivity index (χ3v) is 3.76. The van der Waals surface area contributed by atoms with E-state index in [0.29, 0.717) is 24.5 Å². The molecule has 124 valence electrons. The number of carbonyl (C=O) groups excluding carboxylic acids is 2. The van der Waals surface area contributed by atoms with Gasteiger partial charge in [-0.3, -0.25) is 9.59 Å². The van der Waals surface area contributed by atoms with E-state index in [4.69, 9.17) is 14.2 Å². The van der Waals surface area contributed by atoms with Crippen LogP contribution in [0.1, 0.15) is 12.0 Å². The van der Waals surface area contributed by atoms with E-state index >= 15 is 0 Å². The van der Waals surface area contributed by atoms with Crippen LogP contribution < -0.4 is 20.1 Å². The first-order valence-corrected chi connectivity index (χ1v) is 7.30. The first-order chi connectivity index (χ1) is 11.1. The Morgan fingerprint density at radius 1 is 1.17 bits per heavy atom. The molecule has 0 spiro atoms. The van der Waals surface area contributed by atoms with Crippen LogP contribution in [-0.4, -0.2) is 49.1 Å². The number of aliphatic hydroxyl groups is 1. The third kappa shape index (κ3) is 3.72. The van der Waals surface area contributed by atoms with Gasteiger partial charge in [0.2, 0.25) is 6.79 Å². The summed E-state index contributed by atoms with van der Waals surface area (Å²) >= 11 is 0. The minimum absolute atomic E-state index is 0.0106. The summed E-state index contributed by atoms with van der Waals surface area (Å²) in [5, 5.41) is 15.0. The topological polar surface area (TPSA) is 106 Å². The fourth-order valence-corrected chi connectivity index (χ4v) is 2.37. The summed E-state index contributed by atoms with van der Waals surface area (Å²) in [6, 6.07) is 5.28. The van der Waals surface area contributed by atoms with Gasteiger partial charge in [0.1, 0.15) is 5.60 Å². The van der Waals surface area contributed by atoms with Crippen molar-refractivity contribution in [1.82, 2.24) is 10.6 Å². The van der Waals surface area contributed by atoms with Gasteiger partial charge in [-0.1, -0.05) is 6.07 Å². The van der Waals surface area contributed by atoms with Crippen molar-refractivity contribution in [3.63, 3.8) is 0 Å². The van der Waals surface area contributed by atoms with E-state index in [9.17, 15) is 14.7 Å². The molecule has 1 aromatic rings. The SMILES string of the molecule is O=C(NCc1ccc2c(c1)OCO2)C(=O)NCC1(O)CCOC1. The van der Waals surface area contributed by atoms with Crippen LogP contribution in [0.25, 0.3) is 0 Å². The maximum atomic E-state index is 11.8. The lowest BCUT2D eigenvalue weighted by molar-refractivity contribution is -0.139. The van der Waals surface area contributed by atoms with Crippen LogP contribution in [0.3, 0.4) is 0 Å². The molecule has 3 rings (SSSR count). The van der Waals surface area contributed by atoms with Crippen molar-refractivity contribution in [2.75, 3.05) is 26.6 Å². The van der Waals surface area contributed by atoms with E-state index in [-0.39, 0.29) is 26.5 Å². The molecule has 8 heteroatoms. The zero-order valence-corrected chi connectivity index (χ0v) is 12.5. The monoisotopic (exact) mass is 322 g/mol. The summed E-state index contributed by atoms with van der Waals surface area (Å²) in [7, 11) is 0. The molecule has 2 amide bonds. The Labute approximate surface area is 132 Å². The summed E-state index contributed by atoms with van der Waals surface area (Å²) in [6.45, 7) is 0.967. The maximum absolute atomic E-state index is 11.8. The van der Waals surface area contributed by atoms with Gasteiger partial charge in [-0.25, -0.2) is 0 Å². The summed E-state index contributed by atoms with van der Waals surface area (Å²) in [6.07, 6.45) is 0.437. The molecule has 2 heterocycles. The minimum atomic E-state index is -1.09. The van der Waals surface area contributed by atoms with Gasteiger partial charge >= 0.3 is 11.8 Å². The molecule has 0 aromatic heterocycles. The van der Waals surface area contributed by atoms with Crippen LogP contribution in [0.15, 0.2) is 18.2 Å². The first kappa shape index (κ1) is 15.6. The minimum Gasteiger partial charge on any atom is -0.454 e. The van der Waals surface area contributed by atoms with Crippen molar-refractivity contribution in [2.24, 2.45) is 0 Å². The Hall–Kier alpha value is -2.32. The summed E-state index contributed by atoms with van der Waals surface area (Å²) in [5.41, 5.74) is -0.300. The van der Waals surface area contributed by atoms with Crippen molar-refractivity contribution in [2.45, 2.75) is 18.6 Å². The van der Waals surface area contributed by atoms with E-state index < -0.39 is 17.4 Å². The highest BCUT2D eigenvalue weighted by Crippen LogP contribution is 2.32. The van der Waals surface area contributed by atoms with Gasteiger partial charge in [-0.2, -0.15) is 0 Å². The van der Waals surface area contributed by atoms with E-state index in [2.05, 4.69) is 10.6 Å². The predicted octanol–water partition coefficient (Wildman–Crippen LogP) is -0.701. The lowest BCUT2D eigenvalue weighted by Gasteiger charge is -2.20. The molecule has 1 aromatic carbocycles. The average molecular weight is 322 g/mol. The molecule has 2 aliphatic heterocycles. The number of fused-ring (bicyclic) bond motifs is 1. The van der Waals surface area contributed by atoms with Crippen LogP contribution in [0, 0.1) is 0 Å². The van der Waals surface area contributed by atoms with E-state index in [0.717, 1.165) is 5.56 Å². The fourth-order valence-electron chi connectivity index (χ4n) is 2.37. The molecule has 3 N–H and O–H groups in total. The zero-order chi connectivity index (χ0) is 16.3. The Bertz CT molecular complexity index is 612. The standard InChI is InChI=1S/C15H18N2O6/c18-13(14(19)17-7-15(20)3-4-21-8-15)16-6-10-1-2-11-12(5-10)23-9-22-11/h1-2,5,20H,3-4,6-9H2,(H,16,18)(H,17,19). The smallest absolute Gasteiger partial charge is 0.309 e. The van der Waals surface area contributed by atoms with Gasteiger partial charge in [-0.15, -0.1) is 0 Å². The van der Waals surface area contributed by atoms with Crippen molar-refractivity contribution < 1.29 is 28.9 Å². The van der Waals surface area contributed by atoms with E-state index in [1.807, 2.05) is 0 Å². The Morgan fingerprint density at radius 3 is 2.74 bits per heavy atom. The number of benzene rings is 1. The largest absolute Gasteiger partial charge is 0.454 e. The molecule has 1 saturated heterocycles. The Kier molecular flexibility index (Phi) is 4.35. The number of hydrogen-bond acceptors (Lipinski definition) is 6. The highest BCUT2D eigenvalue weighted by molar-refractivity contribution is 6.35. The molecule has 2 aliphatic rings. The summed E-state index contributed by atoms with van der Waals surface area (Å²) < 4.78 is 15.5. The van der Waals surface area contributed by atoms with Crippen molar-refractivity contribution >= 4 is 11.8 Å². The molecule has 1 unspecified atom stereocenters. The second-order valence-corrected chi connectivity index (χ2v) is 5.58. The molecule has 1 fully saturated rings. The lowest BCUT2D eigenvalue weighted by Crippen LogP contribution is -2.47. The van der Waals surface area contributed by atoms with Crippen molar-refractivity contribution in [1.29, 1.82) is 0 Å². The number of rotatable bonds is 4. The summed E-state index contributed by atoms with van der Waals surface area (Å²) in [5.74, 6) is -0.272. The molecule has 0 bridgehead atoms. The molecular formula is C15H18N2O6. The molecule has 0 saturated carbocycles. The number of amides is 2. The van der Waals surface area contributed by atoms with Gasteiger partial charge in [0, 0.05) is 26.1 Å². The van der Waals surface area contributed by atoms with Crippen molar-refractivity contribution in [3.8, 4) is 11.5 Å². The number of hydrogen-bond donors (Lipinski definition) is 3. The molecule has 8 nitrogen and oxygen atoms in total. The van der Waals surface area contributed by atoms with Gasteiger partial charge in [0.25, 0.3) is 0 Å². The molecule has 23 heavy (non-hydrogen) atoms. The molecule has 0 aliphatic carbocycles. The number of nitrogens with one attached hydrogen (secondary N) is 2. The van der Waals surface area contributed by atoms with Crippen molar-refractivity contribution in [3.05, 3.63) is 23.8 Å². The molecular weight excluding hydrogens is 304 g/mol. The average Bonchev–Trinajstić information content (AvgIpc) is 3.19. The Balaban J connectivity index is 1.46. The van der Waals surface area contributed by atoms with Gasteiger partial charge in [0.05, 0.1) is 6.61 Å². The normalized spacial score (nSPS) is 22.0. The van der Waals surface area contributed by atoms with Crippen LogP contribution in [0.2, 0.25) is 0 Å². The number of carbonyl (C=O) groups is 2.